The molecule has 4 nitrogen and oxygen atoms in total. The predicted molar refractivity (Wildman–Crippen MR) is 84.6 cm³/mol. The molecule has 1 atom stereocenters. The van der Waals surface area contributed by atoms with Crippen molar-refractivity contribution >= 4 is 0 Å². The fraction of sp³-hybridized carbons (Fsp3) is 0.706. The van der Waals surface area contributed by atoms with Gasteiger partial charge in [-0.1, -0.05) is 25.7 Å². The van der Waals surface area contributed by atoms with E-state index in [0.717, 1.165) is 30.9 Å². The van der Waals surface area contributed by atoms with E-state index in [1.807, 2.05) is 25.4 Å². The fourth-order valence-corrected chi connectivity index (χ4v) is 3.57. The Hall–Kier alpha value is -1.13. The molecule has 1 saturated carbocycles. The summed E-state index contributed by atoms with van der Waals surface area (Å²) < 4.78 is 11.8. The Morgan fingerprint density at radius 1 is 1.29 bits per heavy atom. The van der Waals surface area contributed by atoms with Crippen molar-refractivity contribution in [3.05, 3.63) is 24.0 Å². The van der Waals surface area contributed by atoms with Gasteiger partial charge in [0.15, 0.2) is 0 Å². The zero-order chi connectivity index (χ0) is 15.1. The summed E-state index contributed by atoms with van der Waals surface area (Å²) in [6, 6.07) is 3.95. The minimum Gasteiger partial charge on any atom is -0.495 e. The summed E-state index contributed by atoms with van der Waals surface area (Å²) in [5.74, 6) is 0.833. The van der Waals surface area contributed by atoms with E-state index in [-0.39, 0.29) is 11.6 Å². The number of ether oxygens (including phenoxy) is 2. The second kappa shape index (κ2) is 7.76. The summed E-state index contributed by atoms with van der Waals surface area (Å²) in [7, 11) is 3.69. The van der Waals surface area contributed by atoms with Crippen molar-refractivity contribution in [1.82, 2.24) is 10.3 Å². The molecule has 1 fully saturated rings. The first-order valence-electron chi connectivity index (χ1n) is 8.07. The number of aromatic nitrogens is 1. The van der Waals surface area contributed by atoms with Crippen LogP contribution in [-0.2, 0) is 4.74 Å². The van der Waals surface area contributed by atoms with Crippen molar-refractivity contribution in [2.24, 2.45) is 0 Å². The monoisotopic (exact) mass is 292 g/mol. The lowest BCUT2D eigenvalue weighted by Gasteiger charge is -2.40. The van der Waals surface area contributed by atoms with Crippen LogP contribution in [0, 0.1) is 0 Å². The molecule has 0 amide bonds. The van der Waals surface area contributed by atoms with Gasteiger partial charge in [-0.05, 0) is 38.9 Å². The Bertz CT molecular complexity index is 429. The van der Waals surface area contributed by atoms with Gasteiger partial charge < -0.3 is 14.8 Å². The first kappa shape index (κ1) is 16.2. The molecule has 21 heavy (non-hydrogen) atoms. The van der Waals surface area contributed by atoms with E-state index in [2.05, 4.69) is 17.2 Å². The lowest BCUT2D eigenvalue weighted by atomic mass is 9.83. The molecule has 2 rings (SSSR count). The van der Waals surface area contributed by atoms with Crippen molar-refractivity contribution in [3.8, 4) is 5.75 Å². The lowest BCUT2D eigenvalue weighted by molar-refractivity contribution is -0.0779. The summed E-state index contributed by atoms with van der Waals surface area (Å²) >= 11 is 0. The highest BCUT2D eigenvalue weighted by Gasteiger charge is 2.41. The molecule has 1 aliphatic carbocycles. The Labute approximate surface area is 128 Å². The molecule has 0 aliphatic heterocycles. The van der Waals surface area contributed by atoms with E-state index in [1.54, 1.807) is 7.11 Å². The number of rotatable bonds is 6. The van der Waals surface area contributed by atoms with Crippen LogP contribution in [0.1, 0.15) is 57.2 Å². The Morgan fingerprint density at radius 2 is 2.00 bits per heavy atom. The third-order valence-electron chi connectivity index (χ3n) is 4.49. The first-order chi connectivity index (χ1) is 10.3. The summed E-state index contributed by atoms with van der Waals surface area (Å²) in [6.07, 6.45) is 9.01. The second-order valence-corrected chi connectivity index (χ2v) is 5.72. The van der Waals surface area contributed by atoms with E-state index in [1.165, 1.54) is 25.7 Å². The molecule has 0 aromatic carbocycles. The lowest BCUT2D eigenvalue weighted by Crippen LogP contribution is -2.45. The number of pyridine rings is 1. The van der Waals surface area contributed by atoms with Crippen LogP contribution in [0.5, 0.6) is 5.75 Å². The largest absolute Gasteiger partial charge is 0.495 e. The molecule has 1 aromatic heterocycles. The first-order valence-corrected chi connectivity index (χ1v) is 8.07. The van der Waals surface area contributed by atoms with Crippen molar-refractivity contribution in [2.45, 2.75) is 57.1 Å². The molecule has 0 spiro atoms. The number of nitrogens with zero attached hydrogens (tertiary/aromatic N) is 1. The number of nitrogens with one attached hydrogen (secondary N) is 1. The second-order valence-electron chi connectivity index (χ2n) is 5.72. The molecule has 1 aromatic rings. The van der Waals surface area contributed by atoms with Crippen molar-refractivity contribution in [2.75, 3.05) is 20.8 Å². The highest BCUT2D eigenvalue weighted by Crippen LogP contribution is 2.42. The third kappa shape index (κ3) is 3.55. The standard InChI is InChI=1S/C17H28N2O2/c1-4-21-17(11-7-5-6-8-12-17)16(18-2)15-14(20-3)10-9-13-19-15/h9-10,13,16,18H,4-8,11-12H2,1-3H3. The fourth-order valence-electron chi connectivity index (χ4n) is 3.57. The van der Waals surface area contributed by atoms with Gasteiger partial charge in [0.05, 0.1) is 18.8 Å². The highest BCUT2D eigenvalue weighted by molar-refractivity contribution is 5.31. The van der Waals surface area contributed by atoms with Crippen LogP contribution in [0.3, 0.4) is 0 Å². The molecule has 118 valence electrons. The van der Waals surface area contributed by atoms with Crippen LogP contribution in [0.15, 0.2) is 18.3 Å². The van der Waals surface area contributed by atoms with E-state index >= 15 is 0 Å². The van der Waals surface area contributed by atoms with Crippen LogP contribution in [0.25, 0.3) is 0 Å². The highest BCUT2D eigenvalue weighted by atomic mass is 16.5. The number of hydrogen-bond donors (Lipinski definition) is 1. The maximum absolute atomic E-state index is 6.30. The van der Waals surface area contributed by atoms with Gasteiger partial charge in [-0.2, -0.15) is 0 Å². The summed E-state index contributed by atoms with van der Waals surface area (Å²) in [4.78, 5) is 4.59. The van der Waals surface area contributed by atoms with Gasteiger partial charge in [0.2, 0.25) is 0 Å². The smallest absolute Gasteiger partial charge is 0.142 e. The summed E-state index contributed by atoms with van der Waals surface area (Å²) in [5.41, 5.74) is 0.777. The average Bonchev–Trinajstić information content (AvgIpc) is 2.75. The quantitative estimate of drug-likeness (QED) is 0.815. The van der Waals surface area contributed by atoms with Gasteiger partial charge in [0.1, 0.15) is 11.4 Å². The van der Waals surface area contributed by atoms with Crippen molar-refractivity contribution in [1.29, 1.82) is 0 Å². The van der Waals surface area contributed by atoms with Crippen LogP contribution in [0.4, 0.5) is 0 Å². The zero-order valence-corrected chi connectivity index (χ0v) is 13.5. The van der Waals surface area contributed by atoms with Crippen LogP contribution in [0.2, 0.25) is 0 Å². The number of likely N-dealkylation sites (N-methyl/N-ethyl adjacent to an activating group) is 1. The van der Waals surface area contributed by atoms with E-state index in [4.69, 9.17) is 9.47 Å². The molecule has 1 unspecified atom stereocenters. The SMILES string of the molecule is CCOC1(C(NC)c2ncccc2OC)CCCCCC1. The molecule has 1 aliphatic rings. The van der Waals surface area contributed by atoms with Crippen molar-refractivity contribution in [3.63, 3.8) is 0 Å². The van der Waals surface area contributed by atoms with Crippen molar-refractivity contribution < 1.29 is 9.47 Å². The molecule has 0 saturated heterocycles. The summed E-state index contributed by atoms with van der Waals surface area (Å²) in [5, 5.41) is 3.45. The molecular weight excluding hydrogens is 264 g/mol. The molecule has 1 N–H and O–H groups in total. The van der Waals surface area contributed by atoms with Crippen LogP contribution >= 0.6 is 0 Å². The molecule has 0 radical (unpaired) electrons. The normalized spacial score (nSPS) is 19.8. The van der Waals surface area contributed by atoms with Gasteiger partial charge in [-0.25, -0.2) is 0 Å². The zero-order valence-electron chi connectivity index (χ0n) is 13.5. The minimum absolute atomic E-state index is 0.0618. The molecule has 4 heteroatoms. The molecular formula is C17H28N2O2. The van der Waals surface area contributed by atoms with E-state index < -0.39 is 0 Å². The van der Waals surface area contributed by atoms with Gasteiger partial charge in [-0.3, -0.25) is 4.98 Å². The van der Waals surface area contributed by atoms with Gasteiger partial charge in [0.25, 0.3) is 0 Å². The third-order valence-corrected chi connectivity index (χ3v) is 4.49. The minimum atomic E-state index is -0.179. The van der Waals surface area contributed by atoms with Gasteiger partial charge >= 0.3 is 0 Å². The Kier molecular flexibility index (Phi) is 6.00. The number of methoxy groups -OCH3 is 1. The topological polar surface area (TPSA) is 43.4 Å². The van der Waals surface area contributed by atoms with E-state index in [9.17, 15) is 0 Å². The Balaban J connectivity index is 2.38. The van der Waals surface area contributed by atoms with Gasteiger partial charge in [-0.15, -0.1) is 0 Å². The Morgan fingerprint density at radius 3 is 2.57 bits per heavy atom. The maximum Gasteiger partial charge on any atom is 0.142 e. The van der Waals surface area contributed by atoms with Crippen LogP contribution in [-0.4, -0.2) is 31.3 Å². The van der Waals surface area contributed by atoms with Gasteiger partial charge in [0, 0.05) is 12.8 Å². The molecule has 0 bridgehead atoms. The number of hydrogen-bond acceptors (Lipinski definition) is 4. The van der Waals surface area contributed by atoms with Crippen LogP contribution < -0.4 is 10.1 Å². The molecule has 1 heterocycles. The van der Waals surface area contributed by atoms with E-state index in [0.29, 0.717) is 0 Å². The average molecular weight is 292 g/mol. The maximum atomic E-state index is 6.30. The summed E-state index contributed by atoms with van der Waals surface area (Å²) in [6.45, 7) is 2.81. The predicted octanol–water partition coefficient (Wildman–Crippen LogP) is 3.48.